The zero-order valence-corrected chi connectivity index (χ0v) is 28.2. The van der Waals surface area contributed by atoms with Crippen LogP contribution in [0.1, 0.15) is 43.9 Å². The molecule has 0 saturated heterocycles. The van der Waals surface area contributed by atoms with Crippen molar-refractivity contribution in [1.82, 2.24) is 28.7 Å². The fraction of sp³-hybridized carbons (Fsp3) is 0. The van der Waals surface area contributed by atoms with Gasteiger partial charge in [-0.3, -0.25) is 4.57 Å². The highest BCUT2D eigenvalue weighted by Crippen LogP contribution is 2.42. The molecule has 0 radical (unpaired) electrons. The fourth-order valence-electron chi connectivity index (χ4n) is 6.84. The SMILES string of the molecule is [2H]c1c([2H])c([2H])c(-c2nc(-c3c([2H])c([2H])c([2H])c([2H])c3[2H])nc(-n3c4c([2H])c([2H])c([2H])c([2H])c4c4c([2H])c([2H])c5c6c([2H])c([2H])c([2H])c([2H])c6n(-c6c([2H])c([2H])c7c8c([2H])c([2H])c([2H])c([2H])c8n(-c8c([2H])c([2H])c([2H])c([2H])c8[2H])c7c6[2H])c5c43)n2)c([2H])c1[2H]. The van der Waals surface area contributed by atoms with Crippen LogP contribution in [0.5, 0.6) is 0 Å². The van der Waals surface area contributed by atoms with E-state index in [0.29, 0.717) is 4.57 Å². The molecular formula is C51H32N6. The van der Waals surface area contributed by atoms with Crippen molar-refractivity contribution < 1.29 is 43.9 Å². The standard InChI is InChI=1S/C51H32N6/c1-4-16-33(17-5-1)49-52-50(34-18-6-2-7-19-34)54-51(53-49)57-45-27-15-12-24-39(45)42-31-30-41-38-23-11-14-26-44(38)56(47(41)48(42)57)36-28-29-40-37-22-10-13-25-43(37)55(46(40)32-36)35-20-8-3-9-21-35/h1-32H/i1D,2D,3D,4D,5D,6D,7D,8D,9D,10D,11D,12D,13D,14D,15D,16D,17D,18D,19D,20D,21D,22D,23D,24D,25D,26D,27D,28D,29D,30D,31D,32D. The largest absolute Gasteiger partial charge is 0.309 e. The van der Waals surface area contributed by atoms with Crippen LogP contribution in [0.3, 0.4) is 0 Å². The van der Waals surface area contributed by atoms with Gasteiger partial charge in [-0.05, 0) is 42.3 Å². The van der Waals surface area contributed by atoms with E-state index in [4.69, 9.17) is 30.2 Å². The lowest BCUT2D eigenvalue weighted by Gasteiger charge is -2.14. The predicted octanol–water partition coefficient (Wildman–Crippen LogP) is 12.5. The van der Waals surface area contributed by atoms with Gasteiger partial charge in [-0.25, -0.2) is 4.98 Å². The van der Waals surface area contributed by atoms with Crippen molar-refractivity contribution in [2.75, 3.05) is 0 Å². The molecule has 6 nitrogen and oxygen atoms in total. The lowest BCUT2D eigenvalue weighted by atomic mass is 10.1. The third-order valence-electron chi connectivity index (χ3n) is 9.09. The van der Waals surface area contributed by atoms with Gasteiger partial charge in [0.05, 0.1) is 77.0 Å². The first kappa shape index (κ1) is 13.4. The zero-order chi connectivity index (χ0) is 65.3. The summed E-state index contributed by atoms with van der Waals surface area (Å²) in [5, 5.41) is -3.95. The normalized spacial score (nSPS) is 19.7. The number of para-hydroxylation sites is 4. The van der Waals surface area contributed by atoms with Crippen LogP contribution in [0.15, 0.2) is 193 Å². The second kappa shape index (κ2) is 12.3. The smallest absolute Gasteiger partial charge is 0.238 e. The molecule has 0 aliphatic carbocycles. The lowest BCUT2D eigenvalue weighted by molar-refractivity contribution is 0.953. The molecule has 0 bridgehead atoms. The number of hydrogen-bond donors (Lipinski definition) is 0. The summed E-state index contributed by atoms with van der Waals surface area (Å²) in [6, 6.07) is -31.2. The summed E-state index contributed by atoms with van der Waals surface area (Å²) >= 11 is 0. The molecule has 0 aliphatic rings. The molecule has 0 unspecified atom stereocenters. The van der Waals surface area contributed by atoms with Gasteiger partial charge in [0, 0.05) is 54.8 Å². The maximum Gasteiger partial charge on any atom is 0.238 e. The average molecular weight is 761 g/mol. The molecule has 12 rings (SSSR count). The number of hydrogen-bond acceptors (Lipinski definition) is 3. The van der Waals surface area contributed by atoms with Crippen LogP contribution in [0.25, 0.3) is 106 Å². The first-order chi connectivity index (χ1) is 41.6. The average Bonchev–Trinajstić information content (AvgIpc) is 1.52. The fourth-order valence-corrected chi connectivity index (χ4v) is 6.84. The minimum absolute atomic E-state index is 0.599. The first-order valence-electron chi connectivity index (χ1n) is 32.6. The van der Waals surface area contributed by atoms with Crippen LogP contribution in [0, 0.1) is 0 Å². The molecule has 0 spiro atoms. The van der Waals surface area contributed by atoms with Crippen LogP contribution in [-0.4, -0.2) is 28.7 Å². The Hall–Kier alpha value is -7.83. The van der Waals surface area contributed by atoms with Crippen molar-refractivity contribution in [3.05, 3.63) is 193 Å². The van der Waals surface area contributed by atoms with E-state index in [1.54, 1.807) is 0 Å². The number of fused-ring (bicyclic) bond motifs is 10. The zero-order valence-electron chi connectivity index (χ0n) is 60.2. The van der Waals surface area contributed by atoms with Crippen molar-refractivity contribution in [2.45, 2.75) is 0 Å². The molecule has 57 heavy (non-hydrogen) atoms. The third-order valence-corrected chi connectivity index (χ3v) is 9.09. The van der Waals surface area contributed by atoms with Crippen molar-refractivity contribution in [3.8, 4) is 40.1 Å². The lowest BCUT2D eigenvalue weighted by Crippen LogP contribution is -2.07. The Morgan fingerprint density at radius 2 is 0.737 bits per heavy atom. The van der Waals surface area contributed by atoms with Gasteiger partial charge in [0.25, 0.3) is 0 Å². The van der Waals surface area contributed by atoms with E-state index in [2.05, 4.69) is 15.0 Å². The number of nitrogens with zero attached hydrogens (tertiary/aromatic N) is 6. The minimum Gasteiger partial charge on any atom is -0.309 e. The van der Waals surface area contributed by atoms with Crippen molar-refractivity contribution in [2.24, 2.45) is 0 Å². The Labute approximate surface area is 372 Å². The quantitative estimate of drug-likeness (QED) is 0.176. The molecule has 0 amide bonds. The van der Waals surface area contributed by atoms with Crippen LogP contribution in [0.2, 0.25) is 0 Å². The molecule has 0 fully saturated rings. The highest BCUT2D eigenvalue weighted by molar-refractivity contribution is 6.24. The molecule has 12 aromatic rings. The van der Waals surface area contributed by atoms with Gasteiger partial charge in [-0.2, -0.15) is 9.97 Å². The molecule has 0 saturated carbocycles. The maximum absolute atomic E-state index is 10.4. The van der Waals surface area contributed by atoms with Crippen LogP contribution >= 0.6 is 0 Å². The van der Waals surface area contributed by atoms with Gasteiger partial charge in [0.15, 0.2) is 11.6 Å². The highest BCUT2D eigenvalue weighted by atomic mass is 15.2. The van der Waals surface area contributed by atoms with E-state index in [1.807, 2.05) is 0 Å². The van der Waals surface area contributed by atoms with E-state index >= 15 is 0 Å². The number of rotatable bonds is 5. The van der Waals surface area contributed by atoms with Gasteiger partial charge in [0.1, 0.15) is 0 Å². The van der Waals surface area contributed by atoms with Crippen LogP contribution in [0.4, 0.5) is 0 Å². The van der Waals surface area contributed by atoms with Gasteiger partial charge < -0.3 is 9.13 Å². The Bertz CT molecular complexity index is 5240. The summed E-state index contributed by atoms with van der Waals surface area (Å²) in [7, 11) is 0. The molecule has 6 heteroatoms. The number of benzene rings is 8. The topological polar surface area (TPSA) is 53.5 Å². The first-order valence-corrected chi connectivity index (χ1v) is 16.6. The second-order valence-corrected chi connectivity index (χ2v) is 12.1. The Kier molecular flexibility index (Phi) is 2.91. The van der Waals surface area contributed by atoms with Gasteiger partial charge in [-0.1, -0.05) is 151 Å². The molecule has 4 heterocycles. The molecular weight excluding hydrogens is 697 g/mol. The summed E-state index contributed by atoms with van der Waals surface area (Å²) in [4.78, 5) is 13.4. The minimum atomic E-state index is -1.12. The molecule has 4 aromatic heterocycles. The van der Waals surface area contributed by atoms with Crippen molar-refractivity contribution >= 4 is 65.4 Å². The summed E-state index contributed by atoms with van der Waals surface area (Å²) < 4.78 is 293. The van der Waals surface area contributed by atoms with E-state index in [9.17, 15) is 13.7 Å². The third kappa shape index (κ3) is 4.74. The predicted molar refractivity (Wildman–Crippen MR) is 234 cm³/mol. The summed E-state index contributed by atoms with van der Waals surface area (Å²) in [6.45, 7) is 0. The van der Waals surface area contributed by atoms with Gasteiger partial charge in [0.2, 0.25) is 5.95 Å². The van der Waals surface area contributed by atoms with Crippen molar-refractivity contribution in [1.29, 1.82) is 0 Å². The van der Waals surface area contributed by atoms with E-state index in [0.717, 1.165) is 9.13 Å². The molecule has 266 valence electrons. The van der Waals surface area contributed by atoms with E-state index in [1.165, 1.54) is 0 Å². The van der Waals surface area contributed by atoms with Gasteiger partial charge in [-0.15, -0.1) is 0 Å². The molecule has 0 aliphatic heterocycles. The van der Waals surface area contributed by atoms with E-state index < -0.39 is 299 Å². The van der Waals surface area contributed by atoms with Crippen LogP contribution in [-0.2, 0) is 0 Å². The summed E-state index contributed by atoms with van der Waals surface area (Å²) in [6.07, 6.45) is 0. The van der Waals surface area contributed by atoms with Crippen molar-refractivity contribution in [3.63, 3.8) is 0 Å². The molecule has 0 N–H and O–H groups in total. The Morgan fingerprint density at radius 1 is 0.316 bits per heavy atom. The Balaban J connectivity index is 1.43. The Morgan fingerprint density at radius 3 is 1.32 bits per heavy atom. The maximum atomic E-state index is 10.4. The molecule has 0 atom stereocenters. The monoisotopic (exact) mass is 760 g/mol. The number of aromatic nitrogens is 6. The summed E-state index contributed by atoms with van der Waals surface area (Å²) in [5.74, 6) is -2.85. The van der Waals surface area contributed by atoms with E-state index in [-0.39, 0.29) is 0 Å². The van der Waals surface area contributed by atoms with Crippen LogP contribution < -0.4 is 0 Å². The van der Waals surface area contributed by atoms with Gasteiger partial charge >= 0.3 is 0 Å². The molecule has 8 aromatic carbocycles. The second-order valence-electron chi connectivity index (χ2n) is 12.1. The summed E-state index contributed by atoms with van der Waals surface area (Å²) in [5.41, 5.74) is -7.91. The highest BCUT2D eigenvalue weighted by Gasteiger charge is 2.24.